The topological polar surface area (TPSA) is 109 Å². The number of nitrogens with zero attached hydrogens (tertiary/aromatic N) is 6. The Morgan fingerprint density at radius 2 is 1.83 bits per heavy atom. The van der Waals surface area contributed by atoms with Gasteiger partial charge in [-0.2, -0.15) is 8.78 Å². The van der Waals surface area contributed by atoms with Crippen LogP contribution in [0.15, 0.2) is 53.1 Å². The monoisotopic (exact) mass is 425 g/mol. The Morgan fingerprint density at radius 3 is 2.60 bits per heavy atom. The van der Waals surface area contributed by atoms with Gasteiger partial charge in [0.05, 0.1) is 23.0 Å². The first-order chi connectivity index (χ1) is 14.5. The number of hydrogen-bond acceptors (Lipinski definition) is 8. The number of fused-ring (bicyclic) bond motifs is 1. The molecule has 0 unspecified atom stereocenters. The summed E-state index contributed by atoms with van der Waals surface area (Å²) in [6, 6.07) is 13.0. The molecule has 0 aliphatic rings. The third-order valence-corrected chi connectivity index (χ3v) is 5.28. The molecule has 5 aromatic rings. The number of aromatic nitrogens is 6. The van der Waals surface area contributed by atoms with Gasteiger partial charge < -0.3 is 10.2 Å². The molecule has 0 aliphatic heterocycles. The van der Waals surface area contributed by atoms with E-state index >= 15 is 0 Å². The van der Waals surface area contributed by atoms with Crippen molar-refractivity contribution in [3.63, 3.8) is 0 Å². The lowest BCUT2D eigenvalue weighted by Gasteiger charge is -2.02. The number of halogens is 2. The van der Waals surface area contributed by atoms with Crippen LogP contribution in [0.4, 0.5) is 13.9 Å². The van der Waals surface area contributed by atoms with E-state index in [2.05, 4.69) is 25.5 Å². The zero-order valence-electron chi connectivity index (χ0n) is 15.2. The van der Waals surface area contributed by atoms with Gasteiger partial charge >= 0.3 is 6.43 Å². The first-order valence-corrected chi connectivity index (χ1v) is 9.64. The van der Waals surface area contributed by atoms with E-state index in [9.17, 15) is 8.78 Å². The normalized spacial score (nSPS) is 11.6. The molecule has 0 saturated carbocycles. The van der Waals surface area contributed by atoms with Crippen LogP contribution in [0.2, 0.25) is 0 Å². The number of rotatable bonds is 5. The van der Waals surface area contributed by atoms with E-state index in [0.717, 1.165) is 27.0 Å². The van der Waals surface area contributed by atoms with E-state index in [1.807, 2.05) is 36.5 Å². The maximum atomic E-state index is 12.6. The molecule has 0 atom stereocenters. The maximum absolute atomic E-state index is 12.6. The molecule has 3 aromatic heterocycles. The summed E-state index contributed by atoms with van der Waals surface area (Å²) < 4.78 is 32.9. The molecular weight excluding hydrogens is 412 g/mol. The lowest BCUT2D eigenvalue weighted by atomic mass is 10.1. The molecule has 0 aliphatic carbocycles. The highest BCUT2D eigenvalue weighted by Gasteiger charge is 2.17. The number of hydrogen-bond donors (Lipinski definition) is 1. The highest BCUT2D eigenvalue weighted by molar-refractivity contribution is 7.22. The van der Waals surface area contributed by atoms with Crippen LogP contribution in [0.3, 0.4) is 0 Å². The molecule has 2 N–H and O–H groups in total. The Hall–Kier alpha value is -3.73. The van der Waals surface area contributed by atoms with Crippen LogP contribution in [-0.4, -0.2) is 30.2 Å². The number of nitrogen functional groups attached to an aromatic ring is 1. The number of nitrogens with two attached hydrogens (primary N) is 1. The second kappa shape index (κ2) is 7.26. The van der Waals surface area contributed by atoms with Crippen LogP contribution >= 0.6 is 11.3 Å². The molecule has 30 heavy (non-hydrogen) atoms. The summed E-state index contributed by atoms with van der Waals surface area (Å²) >= 11 is 1.44. The number of anilines is 1. The van der Waals surface area contributed by atoms with Crippen LogP contribution in [-0.2, 0) is 6.54 Å². The maximum Gasteiger partial charge on any atom is 0.314 e. The van der Waals surface area contributed by atoms with Crippen molar-refractivity contribution < 1.29 is 13.2 Å². The van der Waals surface area contributed by atoms with E-state index < -0.39 is 12.3 Å². The average Bonchev–Trinajstić information content (AvgIpc) is 3.47. The van der Waals surface area contributed by atoms with Crippen LogP contribution in [0.1, 0.15) is 17.9 Å². The second-order valence-corrected chi connectivity index (χ2v) is 7.54. The van der Waals surface area contributed by atoms with Crippen LogP contribution < -0.4 is 5.73 Å². The SMILES string of the molecule is Nc1nc2cc(-c3cn(Cc4ccc(-c5nnc(C(F)F)o5)cc4)nn3)ccc2s1. The van der Waals surface area contributed by atoms with Crippen LogP contribution in [0, 0.1) is 0 Å². The highest BCUT2D eigenvalue weighted by atomic mass is 32.1. The summed E-state index contributed by atoms with van der Waals surface area (Å²) in [5.74, 6) is -0.638. The smallest absolute Gasteiger partial charge is 0.314 e. The molecule has 3 heterocycles. The molecule has 0 fully saturated rings. The number of benzene rings is 2. The van der Waals surface area contributed by atoms with Gasteiger partial charge in [0.1, 0.15) is 5.69 Å². The van der Waals surface area contributed by atoms with Gasteiger partial charge in [0.15, 0.2) is 5.13 Å². The fraction of sp³-hybridized carbons (Fsp3) is 0.105. The van der Waals surface area contributed by atoms with Gasteiger partial charge in [0.25, 0.3) is 5.89 Å². The molecule has 0 bridgehead atoms. The third-order valence-electron chi connectivity index (χ3n) is 4.41. The van der Waals surface area contributed by atoms with E-state index in [0.29, 0.717) is 17.2 Å². The molecule has 0 radical (unpaired) electrons. The fourth-order valence-electron chi connectivity index (χ4n) is 2.99. The second-order valence-electron chi connectivity index (χ2n) is 6.48. The minimum absolute atomic E-state index is 0.0537. The summed E-state index contributed by atoms with van der Waals surface area (Å²) in [6.07, 6.45) is -0.946. The van der Waals surface area contributed by atoms with E-state index in [4.69, 9.17) is 10.2 Å². The standard InChI is InChI=1S/C19H13F2N7OS/c20-16(21)18-26-25-17(29-18)11-3-1-10(2-4-11)8-28-9-14(24-27-28)12-5-6-15-13(7-12)23-19(22)30-15/h1-7,9,16H,8H2,(H2,22,23). The van der Waals surface area contributed by atoms with E-state index in [1.54, 1.807) is 16.8 Å². The Morgan fingerprint density at radius 1 is 1.03 bits per heavy atom. The summed E-state index contributed by atoms with van der Waals surface area (Å²) in [5, 5.41) is 15.9. The van der Waals surface area contributed by atoms with E-state index in [-0.39, 0.29) is 5.89 Å². The van der Waals surface area contributed by atoms with Gasteiger partial charge in [-0.1, -0.05) is 34.7 Å². The predicted octanol–water partition coefficient (Wildman–Crippen LogP) is 4.17. The molecule has 0 amide bonds. The van der Waals surface area contributed by atoms with E-state index in [1.165, 1.54) is 11.3 Å². The van der Waals surface area contributed by atoms with Crippen molar-refractivity contribution in [2.75, 3.05) is 5.73 Å². The van der Waals surface area contributed by atoms with Gasteiger partial charge in [-0.05, 0) is 29.8 Å². The highest BCUT2D eigenvalue weighted by Crippen LogP contribution is 2.28. The Labute approximate surface area is 172 Å². The van der Waals surface area contributed by atoms with Crippen molar-refractivity contribution >= 4 is 26.7 Å². The van der Waals surface area contributed by atoms with Gasteiger partial charge in [0.2, 0.25) is 5.89 Å². The van der Waals surface area contributed by atoms with Crippen molar-refractivity contribution in [3.05, 3.63) is 60.1 Å². The minimum Gasteiger partial charge on any atom is -0.415 e. The lowest BCUT2D eigenvalue weighted by Crippen LogP contribution is -2.00. The van der Waals surface area contributed by atoms with Crippen molar-refractivity contribution in [1.29, 1.82) is 0 Å². The van der Waals surface area contributed by atoms with Crippen LogP contribution in [0.5, 0.6) is 0 Å². The molecule has 0 saturated heterocycles. The van der Waals surface area contributed by atoms with Crippen LogP contribution in [0.25, 0.3) is 32.9 Å². The molecule has 5 rings (SSSR count). The van der Waals surface area contributed by atoms with Gasteiger partial charge in [-0.25, -0.2) is 9.67 Å². The van der Waals surface area contributed by atoms with Crippen molar-refractivity contribution in [2.45, 2.75) is 13.0 Å². The number of thiazole rings is 1. The molecule has 2 aromatic carbocycles. The lowest BCUT2D eigenvalue weighted by molar-refractivity contribution is 0.116. The van der Waals surface area contributed by atoms with Crippen molar-refractivity contribution in [1.82, 2.24) is 30.2 Å². The minimum atomic E-state index is -2.79. The predicted molar refractivity (Wildman–Crippen MR) is 107 cm³/mol. The molecular formula is C19H13F2N7OS. The fourth-order valence-corrected chi connectivity index (χ4v) is 3.71. The molecule has 8 nitrogen and oxygen atoms in total. The quantitative estimate of drug-likeness (QED) is 0.450. The molecule has 11 heteroatoms. The van der Waals surface area contributed by atoms with Crippen molar-refractivity contribution in [3.8, 4) is 22.7 Å². The third kappa shape index (κ3) is 3.50. The molecule has 0 spiro atoms. The summed E-state index contributed by atoms with van der Waals surface area (Å²) in [6.45, 7) is 0.491. The Kier molecular flexibility index (Phi) is 4.43. The Balaban J connectivity index is 1.33. The zero-order chi connectivity index (χ0) is 20.7. The summed E-state index contributed by atoms with van der Waals surface area (Å²) in [4.78, 5) is 4.30. The Bertz CT molecular complexity index is 1330. The van der Waals surface area contributed by atoms with Crippen molar-refractivity contribution in [2.24, 2.45) is 0 Å². The summed E-state index contributed by atoms with van der Waals surface area (Å²) in [7, 11) is 0. The van der Waals surface area contributed by atoms with Gasteiger partial charge in [-0.3, -0.25) is 0 Å². The first-order valence-electron chi connectivity index (χ1n) is 8.82. The van der Waals surface area contributed by atoms with Gasteiger partial charge in [-0.15, -0.1) is 15.3 Å². The molecule has 150 valence electrons. The average molecular weight is 425 g/mol. The van der Waals surface area contributed by atoms with Gasteiger partial charge in [0, 0.05) is 11.1 Å². The first kappa shape index (κ1) is 18.3. The largest absolute Gasteiger partial charge is 0.415 e. The number of alkyl halides is 2. The summed E-state index contributed by atoms with van der Waals surface area (Å²) in [5.41, 5.74) is 9.73. The zero-order valence-corrected chi connectivity index (χ0v) is 16.1.